The van der Waals surface area contributed by atoms with E-state index in [2.05, 4.69) is 15.9 Å². The van der Waals surface area contributed by atoms with Crippen LogP contribution in [0.15, 0.2) is 22.8 Å². The van der Waals surface area contributed by atoms with Gasteiger partial charge in [0.15, 0.2) is 0 Å². The Balaban J connectivity index is 1.49. The Morgan fingerprint density at radius 3 is 2.86 bits per heavy atom. The van der Waals surface area contributed by atoms with Crippen LogP contribution in [-0.2, 0) is 11.3 Å². The van der Waals surface area contributed by atoms with Crippen LogP contribution in [0.1, 0.15) is 31.4 Å². The highest BCUT2D eigenvalue weighted by atomic mass is 16.5. The highest BCUT2D eigenvalue weighted by Crippen LogP contribution is 2.33. The van der Waals surface area contributed by atoms with Crippen molar-refractivity contribution < 1.29 is 9.15 Å². The highest BCUT2D eigenvalue weighted by Gasteiger charge is 2.42. The number of hydrogen-bond donors (Lipinski definition) is 0. The standard InChI is InChI=1S/C17H26N2O2/c1-2-8-19(7-1)16-13-18(12-15-6-4-9-20-15)11-14-5-3-10-21-17(14)16/h4,6,9,14,16-17H,1-3,5,7-8,10-13H2/t14-,16-,17+/m0/s1. The lowest BCUT2D eigenvalue weighted by Gasteiger charge is -2.48. The molecule has 0 amide bonds. The lowest BCUT2D eigenvalue weighted by Crippen LogP contribution is -2.60. The molecule has 21 heavy (non-hydrogen) atoms. The molecule has 0 N–H and O–H groups in total. The molecule has 3 aliphatic heterocycles. The van der Waals surface area contributed by atoms with E-state index >= 15 is 0 Å². The summed E-state index contributed by atoms with van der Waals surface area (Å²) in [6.07, 6.45) is 7.50. The quantitative estimate of drug-likeness (QED) is 0.854. The molecule has 3 saturated heterocycles. The lowest BCUT2D eigenvalue weighted by atomic mass is 9.84. The summed E-state index contributed by atoms with van der Waals surface area (Å²) in [7, 11) is 0. The Morgan fingerprint density at radius 1 is 1.14 bits per heavy atom. The van der Waals surface area contributed by atoms with Crippen molar-refractivity contribution in [3.63, 3.8) is 0 Å². The fourth-order valence-electron chi connectivity index (χ4n) is 4.41. The molecule has 0 unspecified atom stereocenters. The molecule has 4 rings (SSSR count). The van der Waals surface area contributed by atoms with Crippen LogP contribution < -0.4 is 0 Å². The third-order valence-electron chi connectivity index (χ3n) is 5.38. The maximum Gasteiger partial charge on any atom is 0.117 e. The molecule has 4 heterocycles. The molecule has 116 valence electrons. The predicted molar refractivity (Wildman–Crippen MR) is 81.0 cm³/mol. The molecule has 0 aliphatic carbocycles. The van der Waals surface area contributed by atoms with Gasteiger partial charge < -0.3 is 9.15 Å². The van der Waals surface area contributed by atoms with Crippen LogP contribution in [0.2, 0.25) is 0 Å². The van der Waals surface area contributed by atoms with E-state index in [0.29, 0.717) is 18.1 Å². The predicted octanol–water partition coefficient (Wildman–Crippen LogP) is 2.35. The molecular weight excluding hydrogens is 264 g/mol. The van der Waals surface area contributed by atoms with Gasteiger partial charge in [0.1, 0.15) is 5.76 Å². The molecule has 0 aromatic carbocycles. The van der Waals surface area contributed by atoms with Crippen molar-refractivity contribution in [3.8, 4) is 0 Å². The van der Waals surface area contributed by atoms with Crippen LogP contribution in [0.4, 0.5) is 0 Å². The first-order chi connectivity index (χ1) is 10.4. The second-order valence-corrected chi connectivity index (χ2v) is 6.82. The number of furan rings is 1. The number of ether oxygens (including phenoxy) is 1. The minimum Gasteiger partial charge on any atom is -0.468 e. The zero-order valence-electron chi connectivity index (χ0n) is 12.7. The van der Waals surface area contributed by atoms with Gasteiger partial charge in [0, 0.05) is 25.7 Å². The topological polar surface area (TPSA) is 28.9 Å². The van der Waals surface area contributed by atoms with Gasteiger partial charge in [-0.05, 0) is 56.8 Å². The minimum atomic E-state index is 0.463. The average molecular weight is 290 g/mol. The van der Waals surface area contributed by atoms with Gasteiger partial charge in [0.25, 0.3) is 0 Å². The molecule has 0 bridgehead atoms. The van der Waals surface area contributed by atoms with Gasteiger partial charge in [-0.1, -0.05) is 0 Å². The van der Waals surface area contributed by atoms with E-state index in [0.717, 1.165) is 32.0 Å². The molecule has 3 aliphatic rings. The van der Waals surface area contributed by atoms with E-state index in [1.54, 1.807) is 6.26 Å². The highest BCUT2D eigenvalue weighted by molar-refractivity contribution is 5.01. The molecule has 3 atom stereocenters. The van der Waals surface area contributed by atoms with E-state index in [4.69, 9.17) is 9.15 Å². The Kier molecular flexibility index (Phi) is 4.01. The van der Waals surface area contributed by atoms with Crippen LogP contribution in [0.25, 0.3) is 0 Å². The lowest BCUT2D eigenvalue weighted by molar-refractivity contribution is -0.113. The minimum absolute atomic E-state index is 0.463. The fourth-order valence-corrected chi connectivity index (χ4v) is 4.41. The van der Waals surface area contributed by atoms with Crippen LogP contribution in [0, 0.1) is 5.92 Å². The zero-order valence-corrected chi connectivity index (χ0v) is 12.7. The van der Waals surface area contributed by atoms with E-state index in [-0.39, 0.29) is 0 Å². The van der Waals surface area contributed by atoms with Crippen LogP contribution in [-0.4, -0.2) is 54.7 Å². The van der Waals surface area contributed by atoms with E-state index < -0.39 is 0 Å². The molecule has 4 nitrogen and oxygen atoms in total. The number of hydrogen-bond acceptors (Lipinski definition) is 4. The van der Waals surface area contributed by atoms with Crippen molar-refractivity contribution in [3.05, 3.63) is 24.2 Å². The molecule has 1 aromatic rings. The molecule has 3 fully saturated rings. The smallest absolute Gasteiger partial charge is 0.117 e. The number of likely N-dealkylation sites (tertiary alicyclic amines) is 2. The maximum atomic E-state index is 6.20. The fraction of sp³-hybridized carbons (Fsp3) is 0.765. The second kappa shape index (κ2) is 6.11. The van der Waals surface area contributed by atoms with Crippen LogP contribution in [0.3, 0.4) is 0 Å². The van der Waals surface area contributed by atoms with Crippen molar-refractivity contribution in [2.45, 2.75) is 44.4 Å². The number of piperidine rings is 1. The first-order valence-corrected chi connectivity index (χ1v) is 8.50. The van der Waals surface area contributed by atoms with Gasteiger partial charge in [0.2, 0.25) is 0 Å². The van der Waals surface area contributed by atoms with E-state index in [1.807, 2.05) is 6.07 Å². The first kappa shape index (κ1) is 13.8. The number of fused-ring (bicyclic) bond motifs is 1. The van der Waals surface area contributed by atoms with Crippen LogP contribution >= 0.6 is 0 Å². The maximum absolute atomic E-state index is 6.20. The molecule has 1 aromatic heterocycles. The Labute approximate surface area is 127 Å². The van der Waals surface area contributed by atoms with Crippen LogP contribution in [0.5, 0.6) is 0 Å². The average Bonchev–Trinajstić information content (AvgIpc) is 3.20. The third kappa shape index (κ3) is 2.89. The zero-order chi connectivity index (χ0) is 14.1. The normalized spacial score (nSPS) is 35.0. The monoisotopic (exact) mass is 290 g/mol. The van der Waals surface area contributed by atoms with Crippen molar-refractivity contribution >= 4 is 0 Å². The van der Waals surface area contributed by atoms with E-state index in [9.17, 15) is 0 Å². The summed E-state index contributed by atoms with van der Waals surface area (Å²) in [5.74, 6) is 1.79. The molecular formula is C17H26N2O2. The van der Waals surface area contributed by atoms with Gasteiger partial charge in [-0.3, -0.25) is 9.80 Å². The number of nitrogens with zero attached hydrogens (tertiary/aromatic N) is 2. The Morgan fingerprint density at radius 2 is 2.05 bits per heavy atom. The molecule has 0 radical (unpaired) electrons. The summed E-state index contributed by atoms with van der Waals surface area (Å²) >= 11 is 0. The van der Waals surface area contributed by atoms with Gasteiger partial charge >= 0.3 is 0 Å². The van der Waals surface area contributed by atoms with Crippen molar-refractivity contribution in [1.29, 1.82) is 0 Å². The largest absolute Gasteiger partial charge is 0.468 e. The van der Waals surface area contributed by atoms with Gasteiger partial charge in [-0.2, -0.15) is 0 Å². The second-order valence-electron chi connectivity index (χ2n) is 6.82. The Hall–Kier alpha value is -0.840. The summed E-state index contributed by atoms with van der Waals surface area (Å²) in [6.45, 7) is 6.71. The third-order valence-corrected chi connectivity index (χ3v) is 5.38. The summed E-state index contributed by atoms with van der Waals surface area (Å²) in [6, 6.07) is 4.67. The van der Waals surface area contributed by atoms with Crippen molar-refractivity contribution in [2.75, 3.05) is 32.8 Å². The molecule has 0 spiro atoms. The van der Waals surface area contributed by atoms with Gasteiger partial charge in [0.05, 0.1) is 18.9 Å². The van der Waals surface area contributed by atoms with Gasteiger partial charge in [-0.15, -0.1) is 0 Å². The summed E-state index contributed by atoms with van der Waals surface area (Å²) in [5.41, 5.74) is 0. The molecule has 0 saturated carbocycles. The number of rotatable bonds is 3. The molecule has 4 heteroatoms. The van der Waals surface area contributed by atoms with Crippen molar-refractivity contribution in [2.24, 2.45) is 5.92 Å². The summed E-state index contributed by atoms with van der Waals surface area (Å²) in [4.78, 5) is 5.26. The summed E-state index contributed by atoms with van der Waals surface area (Å²) < 4.78 is 11.7. The van der Waals surface area contributed by atoms with Crippen molar-refractivity contribution in [1.82, 2.24) is 9.80 Å². The van der Waals surface area contributed by atoms with Gasteiger partial charge in [-0.25, -0.2) is 0 Å². The first-order valence-electron chi connectivity index (χ1n) is 8.50. The van der Waals surface area contributed by atoms with E-state index in [1.165, 1.54) is 38.8 Å². The SMILES string of the molecule is c1coc(CN2C[C@@H]3CCCO[C@H]3[C@@H](N3CCCC3)C2)c1. The Bertz CT molecular complexity index is 442. The summed E-state index contributed by atoms with van der Waals surface area (Å²) in [5, 5.41) is 0.